The first-order valence-electron chi connectivity index (χ1n) is 11.4. The lowest BCUT2D eigenvalue weighted by atomic mass is 9.92. The van der Waals surface area contributed by atoms with Crippen molar-refractivity contribution >= 4 is 16.9 Å². The number of carbonyl (C=O) groups excluding carboxylic acids is 1. The number of para-hydroxylation sites is 1. The number of rotatable bonds is 6. The second kappa shape index (κ2) is 9.28. The second-order valence-corrected chi connectivity index (χ2v) is 9.57. The predicted octanol–water partition coefficient (Wildman–Crippen LogP) is 3.57. The van der Waals surface area contributed by atoms with Crippen LogP contribution in [-0.2, 0) is 12.0 Å². The fourth-order valence-electron chi connectivity index (χ4n) is 4.21. The molecule has 0 spiro atoms. The molecule has 1 saturated heterocycles. The van der Waals surface area contributed by atoms with Crippen molar-refractivity contribution in [1.29, 1.82) is 0 Å². The largest absolute Gasteiger partial charge is 0.451 e. The van der Waals surface area contributed by atoms with Crippen LogP contribution in [0.15, 0.2) is 51.7 Å². The van der Waals surface area contributed by atoms with Crippen molar-refractivity contribution in [2.75, 3.05) is 19.6 Å². The predicted molar refractivity (Wildman–Crippen MR) is 125 cm³/mol. The molecule has 7 nitrogen and oxygen atoms in total. The number of aromatic nitrogens is 2. The molecule has 1 atom stereocenters. The molecule has 170 valence electrons. The summed E-state index contributed by atoms with van der Waals surface area (Å²) in [5, 5.41) is 8.55. The number of nitrogens with zero attached hydrogens (tertiary/aromatic N) is 3. The number of likely N-dealkylation sites (tertiary alicyclic amines) is 1. The summed E-state index contributed by atoms with van der Waals surface area (Å²) in [6, 6.07) is 13.1. The van der Waals surface area contributed by atoms with Gasteiger partial charge in [-0.1, -0.05) is 45.4 Å². The van der Waals surface area contributed by atoms with E-state index in [9.17, 15) is 9.59 Å². The van der Waals surface area contributed by atoms with Crippen LogP contribution in [0, 0.1) is 0 Å². The minimum Gasteiger partial charge on any atom is -0.451 e. The Balaban J connectivity index is 1.38. The van der Waals surface area contributed by atoms with E-state index in [1.165, 1.54) is 0 Å². The summed E-state index contributed by atoms with van der Waals surface area (Å²) in [5.74, 6) is 0.144. The van der Waals surface area contributed by atoms with E-state index in [1.807, 2.05) is 30.3 Å². The third-order valence-electron chi connectivity index (χ3n) is 6.13. The summed E-state index contributed by atoms with van der Waals surface area (Å²) in [6.07, 6.45) is 3.28. The Bertz CT molecular complexity index is 1110. The van der Waals surface area contributed by atoms with Crippen LogP contribution in [0.5, 0.6) is 0 Å². The lowest BCUT2D eigenvalue weighted by molar-refractivity contribution is 0.0884. The zero-order chi connectivity index (χ0) is 22.7. The molecule has 32 heavy (non-hydrogen) atoms. The van der Waals surface area contributed by atoms with Crippen molar-refractivity contribution in [3.63, 3.8) is 0 Å². The number of hydrogen-bond acceptors (Lipinski definition) is 5. The van der Waals surface area contributed by atoms with Crippen LogP contribution in [-0.4, -0.2) is 46.3 Å². The van der Waals surface area contributed by atoms with Gasteiger partial charge >= 0.3 is 0 Å². The summed E-state index contributed by atoms with van der Waals surface area (Å²) in [5.41, 5.74) is 1.44. The molecule has 7 heteroatoms. The molecule has 0 aliphatic carbocycles. The number of benzene rings is 1. The van der Waals surface area contributed by atoms with Gasteiger partial charge in [-0.25, -0.2) is 4.68 Å². The van der Waals surface area contributed by atoms with E-state index in [0.717, 1.165) is 43.4 Å². The summed E-state index contributed by atoms with van der Waals surface area (Å²) in [4.78, 5) is 27.3. The van der Waals surface area contributed by atoms with Crippen LogP contribution >= 0.6 is 0 Å². The highest BCUT2D eigenvalue weighted by Gasteiger charge is 2.24. The third-order valence-corrected chi connectivity index (χ3v) is 6.13. The van der Waals surface area contributed by atoms with Gasteiger partial charge in [0.15, 0.2) is 5.76 Å². The SMILES string of the molecule is CC(C)(C)c1ccc(=O)n(CCN2CCCCC2CNC(=O)c2cc3ccccc3o2)n1. The van der Waals surface area contributed by atoms with Crippen molar-refractivity contribution in [2.45, 2.75) is 58.0 Å². The van der Waals surface area contributed by atoms with E-state index < -0.39 is 0 Å². The Morgan fingerprint density at radius 1 is 1.16 bits per heavy atom. The van der Waals surface area contributed by atoms with E-state index in [4.69, 9.17) is 4.42 Å². The number of hydrogen-bond donors (Lipinski definition) is 1. The smallest absolute Gasteiger partial charge is 0.287 e. The first-order chi connectivity index (χ1) is 15.3. The lowest BCUT2D eigenvalue weighted by Gasteiger charge is -2.35. The molecule has 1 aliphatic heterocycles. The Morgan fingerprint density at radius 3 is 2.75 bits per heavy atom. The van der Waals surface area contributed by atoms with E-state index in [-0.39, 0.29) is 22.9 Å². The van der Waals surface area contributed by atoms with Gasteiger partial charge in [0.25, 0.3) is 11.5 Å². The Kier molecular flexibility index (Phi) is 6.46. The fourth-order valence-corrected chi connectivity index (χ4v) is 4.21. The van der Waals surface area contributed by atoms with Gasteiger partial charge in [-0.2, -0.15) is 5.10 Å². The molecule has 3 aromatic rings. The minimum absolute atomic E-state index is 0.0789. The molecule has 2 aromatic heterocycles. The monoisotopic (exact) mass is 436 g/mol. The number of fused-ring (bicyclic) bond motifs is 1. The van der Waals surface area contributed by atoms with Gasteiger partial charge in [0.2, 0.25) is 0 Å². The zero-order valence-electron chi connectivity index (χ0n) is 19.1. The van der Waals surface area contributed by atoms with Gasteiger partial charge in [-0.3, -0.25) is 14.5 Å². The molecule has 1 N–H and O–H groups in total. The van der Waals surface area contributed by atoms with Gasteiger partial charge in [0, 0.05) is 36.0 Å². The normalized spacial score (nSPS) is 17.5. The van der Waals surface area contributed by atoms with Gasteiger partial charge in [0.1, 0.15) is 5.58 Å². The highest BCUT2D eigenvalue weighted by Crippen LogP contribution is 2.20. The van der Waals surface area contributed by atoms with E-state index in [2.05, 4.69) is 36.1 Å². The van der Waals surface area contributed by atoms with Crippen LogP contribution in [0.25, 0.3) is 11.0 Å². The number of amides is 1. The molecule has 1 fully saturated rings. The van der Waals surface area contributed by atoms with Crippen LogP contribution in [0.2, 0.25) is 0 Å². The third kappa shape index (κ3) is 5.10. The van der Waals surface area contributed by atoms with Gasteiger partial charge in [0.05, 0.1) is 12.2 Å². The standard InChI is InChI=1S/C25H32N4O3/c1-25(2,3)22-11-12-23(30)29(27-22)15-14-28-13-7-6-9-19(28)17-26-24(31)21-16-18-8-4-5-10-20(18)32-21/h4-5,8,10-12,16,19H,6-7,9,13-15,17H2,1-3H3,(H,26,31). The van der Waals surface area contributed by atoms with Crippen molar-refractivity contribution in [3.05, 3.63) is 64.3 Å². The molecule has 3 heterocycles. The summed E-state index contributed by atoms with van der Waals surface area (Å²) in [7, 11) is 0. The molecule has 0 saturated carbocycles. The van der Waals surface area contributed by atoms with Crippen molar-refractivity contribution in [2.24, 2.45) is 0 Å². The highest BCUT2D eigenvalue weighted by atomic mass is 16.3. The van der Waals surface area contributed by atoms with Crippen molar-refractivity contribution < 1.29 is 9.21 Å². The summed E-state index contributed by atoms with van der Waals surface area (Å²) < 4.78 is 7.25. The van der Waals surface area contributed by atoms with Gasteiger partial charge in [-0.05, 0) is 37.6 Å². The van der Waals surface area contributed by atoms with E-state index in [0.29, 0.717) is 24.4 Å². The molecule has 0 radical (unpaired) electrons. The lowest BCUT2D eigenvalue weighted by Crippen LogP contribution is -2.48. The number of nitrogens with one attached hydrogen (secondary N) is 1. The first-order valence-corrected chi connectivity index (χ1v) is 11.4. The van der Waals surface area contributed by atoms with Crippen LogP contribution in [0.3, 0.4) is 0 Å². The molecular weight excluding hydrogens is 404 g/mol. The molecule has 1 aliphatic rings. The van der Waals surface area contributed by atoms with Crippen LogP contribution < -0.4 is 10.9 Å². The number of piperidine rings is 1. The van der Waals surface area contributed by atoms with E-state index in [1.54, 1.807) is 16.8 Å². The number of carbonyl (C=O) groups is 1. The number of furan rings is 1. The molecule has 1 amide bonds. The van der Waals surface area contributed by atoms with Crippen molar-refractivity contribution in [3.8, 4) is 0 Å². The average molecular weight is 437 g/mol. The Morgan fingerprint density at radius 2 is 1.97 bits per heavy atom. The summed E-state index contributed by atoms with van der Waals surface area (Å²) in [6.45, 7) is 9.06. The molecule has 1 unspecified atom stereocenters. The molecule has 1 aromatic carbocycles. The highest BCUT2D eigenvalue weighted by molar-refractivity contribution is 5.96. The maximum absolute atomic E-state index is 12.6. The van der Waals surface area contributed by atoms with Crippen LogP contribution in [0.1, 0.15) is 56.3 Å². The quantitative estimate of drug-likeness (QED) is 0.639. The maximum Gasteiger partial charge on any atom is 0.287 e. The van der Waals surface area contributed by atoms with Crippen molar-refractivity contribution in [1.82, 2.24) is 20.0 Å². The zero-order valence-corrected chi connectivity index (χ0v) is 19.1. The molecule has 0 bridgehead atoms. The molecular formula is C25H32N4O3. The topological polar surface area (TPSA) is 80.4 Å². The Hall–Kier alpha value is -2.93. The van der Waals surface area contributed by atoms with Gasteiger partial charge in [-0.15, -0.1) is 0 Å². The van der Waals surface area contributed by atoms with Gasteiger partial charge < -0.3 is 9.73 Å². The van der Waals surface area contributed by atoms with E-state index >= 15 is 0 Å². The maximum atomic E-state index is 12.6. The summed E-state index contributed by atoms with van der Waals surface area (Å²) >= 11 is 0. The average Bonchev–Trinajstić information content (AvgIpc) is 3.21. The first kappa shape index (κ1) is 22.3. The fraction of sp³-hybridized carbons (Fsp3) is 0.480. The second-order valence-electron chi connectivity index (χ2n) is 9.57. The Labute approximate surface area is 188 Å². The van der Waals surface area contributed by atoms with Crippen LogP contribution in [0.4, 0.5) is 0 Å². The molecule has 4 rings (SSSR count). The minimum atomic E-state index is -0.192.